The van der Waals surface area contributed by atoms with E-state index in [9.17, 15) is 4.79 Å². The first-order valence-corrected chi connectivity index (χ1v) is 23.9. The summed E-state index contributed by atoms with van der Waals surface area (Å²) >= 11 is -3.17. The van der Waals surface area contributed by atoms with Crippen molar-refractivity contribution in [3.63, 3.8) is 0 Å². The Morgan fingerprint density at radius 1 is 0.842 bits per heavy atom. The molecule has 0 unspecified atom stereocenters. The maximum atomic E-state index is 14.2. The summed E-state index contributed by atoms with van der Waals surface area (Å²) in [5.74, 6) is 0. The Hall–Kier alpha value is -0.794. The molecule has 0 amide bonds. The summed E-state index contributed by atoms with van der Waals surface area (Å²) in [5.41, 5.74) is 1.26. The van der Waals surface area contributed by atoms with Crippen LogP contribution in [0, 0.1) is 0 Å². The van der Waals surface area contributed by atoms with Gasteiger partial charge < -0.3 is 0 Å². The zero-order valence-electron chi connectivity index (χ0n) is 26.6. The van der Waals surface area contributed by atoms with E-state index in [0.717, 1.165) is 5.52 Å². The number of benzene rings is 1. The SMILES string of the molecule is CCC[CH2][Sn]([CH2]CCC)([CH2]CCC)[c]1c(C(C)(C)O[SiH2]C(C)(C)C)c2ccccc2n1C(=O)OC(C)(C)C. The fourth-order valence-electron chi connectivity index (χ4n) is 5.59. The summed E-state index contributed by atoms with van der Waals surface area (Å²) in [4.78, 5) is 14.2. The van der Waals surface area contributed by atoms with Crippen LogP contribution >= 0.6 is 0 Å². The molecule has 0 aliphatic heterocycles. The predicted octanol–water partition coefficient (Wildman–Crippen LogP) is 9.03. The van der Waals surface area contributed by atoms with Gasteiger partial charge in [0.15, 0.2) is 0 Å². The van der Waals surface area contributed by atoms with Crippen molar-refractivity contribution in [2.45, 2.75) is 144 Å². The zero-order chi connectivity index (χ0) is 28.8. The van der Waals surface area contributed by atoms with Crippen molar-refractivity contribution in [2.24, 2.45) is 0 Å². The summed E-state index contributed by atoms with van der Waals surface area (Å²) in [6.45, 7) is 24.2. The van der Waals surface area contributed by atoms with Crippen molar-refractivity contribution in [2.75, 3.05) is 0 Å². The molecule has 0 saturated heterocycles. The first-order chi connectivity index (χ1) is 17.6. The molecule has 0 aliphatic carbocycles. The van der Waals surface area contributed by atoms with E-state index < -0.39 is 39.3 Å². The molecule has 2 rings (SSSR count). The molecular weight excluding hydrogens is 593 g/mol. The van der Waals surface area contributed by atoms with Crippen LogP contribution in [0.4, 0.5) is 4.79 Å². The van der Waals surface area contributed by atoms with Crippen molar-refractivity contribution < 1.29 is 14.0 Å². The van der Waals surface area contributed by atoms with E-state index in [0.29, 0.717) is 0 Å². The van der Waals surface area contributed by atoms with E-state index >= 15 is 0 Å². The molecule has 0 atom stereocenters. The molecule has 0 bridgehead atoms. The van der Waals surface area contributed by atoms with Crippen molar-refractivity contribution in [1.29, 1.82) is 0 Å². The number of unbranched alkanes of at least 4 members (excludes halogenated alkanes) is 3. The number of aromatic nitrogens is 1. The number of ether oxygens (including phenoxy) is 1. The third-order valence-electron chi connectivity index (χ3n) is 7.45. The minimum atomic E-state index is -3.17. The number of nitrogens with zero attached hydrogens (tertiary/aromatic N) is 1. The second-order valence-corrected chi connectivity index (χ2v) is 29.6. The van der Waals surface area contributed by atoms with Crippen molar-refractivity contribution in [3.8, 4) is 0 Å². The summed E-state index contributed by atoms with van der Waals surface area (Å²) in [6, 6.07) is 8.53. The topological polar surface area (TPSA) is 40.5 Å². The van der Waals surface area contributed by atoms with Crippen LogP contribution in [0.15, 0.2) is 24.3 Å². The molecule has 6 heteroatoms. The normalized spacial score (nSPS) is 13.7. The van der Waals surface area contributed by atoms with Crippen molar-refractivity contribution >= 4 is 48.8 Å². The first-order valence-electron chi connectivity index (χ1n) is 15.1. The molecule has 0 spiro atoms. The monoisotopic (exact) mass is 651 g/mol. The van der Waals surface area contributed by atoms with Gasteiger partial charge in [0.25, 0.3) is 0 Å². The number of para-hydroxylation sites is 1. The Morgan fingerprint density at radius 2 is 1.34 bits per heavy atom. The van der Waals surface area contributed by atoms with Gasteiger partial charge in [-0.2, -0.15) is 0 Å². The van der Waals surface area contributed by atoms with Crippen molar-refractivity contribution in [1.82, 2.24) is 4.57 Å². The van der Waals surface area contributed by atoms with Crippen LogP contribution in [-0.4, -0.2) is 44.4 Å². The van der Waals surface area contributed by atoms with Gasteiger partial charge in [-0.1, -0.05) is 0 Å². The summed E-state index contributed by atoms with van der Waals surface area (Å²) < 4.78 is 20.3. The Morgan fingerprint density at radius 3 is 1.79 bits per heavy atom. The van der Waals surface area contributed by atoms with E-state index in [4.69, 9.17) is 9.16 Å². The van der Waals surface area contributed by atoms with Gasteiger partial charge >= 0.3 is 241 Å². The van der Waals surface area contributed by atoms with Crippen LogP contribution in [0.1, 0.15) is 120 Å². The molecular formula is C32H57NO3SiSn. The molecule has 0 aliphatic rings. The van der Waals surface area contributed by atoms with E-state index in [1.165, 1.54) is 66.5 Å². The quantitative estimate of drug-likeness (QED) is 0.203. The molecule has 216 valence electrons. The van der Waals surface area contributed by atoms with Gasteiger partial charge in [0, 0.05) is 0 Å². The van der Waals surface area contributed by atoms with E-state index in [-0.39, 0.29) is 11.1 Å². The van der Waals surface area contributed by atoms with Gasteiger partial charge in [-0.05, 0) is 0 Å². The zero-order valence-corrected chi connectivity index (χ0v) is 30.8. The van der Waals surface area contributed by atoms with Gasteiger partial charge in [0.1, 0.15) is 0 Å². The average molecular weight is 651 g/mol. The molecule has 38 heavy (non-hydrogen) atoms. The number of fused-ring (bicyclic) bond motifs is 1. The predicted molar refractivity (Wildman–Crippen MR) is 170 cm³/mol. The second kappa shape index (κ2) is 13.7. The molecule has 0 N–H and O–H groups in total. The summed E-state index contributed by atoms with van der Waals surface area (Å²) in [5, 5.41) is 1.36. The molecule has 0 radical (unpaired) electrons. The van der Waals surface area contributed by atoms with Crippen LogP contribution in [0.2, 0.25) is 18.3 Å². The number of rotatable bonds is 13. The number of hydrogen-bond acceptors (Lipinski definition) is 3. The van der Waals surface area contributed by atoms with Gasteiger partial charge in [-0.25, -0.2) is 0 Å². The number of carbonyl (C=O) groups is 1. The molecule has 1 heterocycles. The Kier molecular flexibility index (Phi) is 12.1. The summed E-state index contributed by atoms with van der Waals surface area (Å²) in [6.07, 6.45) is 7.05. The first kappa shape index (κ1) is 33.4. The van der Waals surface area contributed by atoms with Crippen LogP contribution in [0.5, 0.6) is 0 Å². The maximum absolute atomic E-state index is 14.2. The standard InChI is InChI=1S/C20H30NO3Si.3C4H9.Sn/c1-18(2,3)23-17(22)21-13-15(14-11-9-10-12-16(14)21)20(7,8)24-25-19(4,5)6;3*1-3-4-2;/h9-12H,25H2,1-8H3;3*1,3-4H2,2H3;. The van der Waals surface area contributed by atoms with Gasteiger partial charge in [0.2, 0.25) is 0 Å². The molecule has 1 aromatic carbocycles. The van der Waals surface area contributed by atoms with E-state index in [1.54, 1.807) is 0 Å². The van der Waals surface area contributed by atoms with Crippen LogP contribution in [0.3, 0.4) is 0 Å². The Balaban J connectivity index is 3.03. The molecule has 4 nitrogen and oxygen atoms in total. The van der Waals surface area contributed by atoms with Gasteiger partial charge in [-0.3, -0.25) is 0 Å². The Labute approximate surface area is 240 Å². The number of carbonyl (C=O) groups excluding carboxylic acids is 1. The second-order valence-electron chi connectivity index (χ2n) is 14.0. The fraction of sp³-hybridized carbons (Fsp3) is 0.719. The minimum absolute atomic E-state index is 0.188. The molecule has 2 aromatic rings. The van der Waals surface area contributed by atoms with E-state index in [1.807, 2.05) is 20.8 Å². The molecule has 0 fully saturated rings. The molecule has 0 saturated carbocycles. The average Bonchev–Trinajstić information content (AvgIpc) is 3.18. The number of hydrogen-bond donors (Lipinski definition) is 0. The van der Waals surface area contributed by atoms with Crippen LogP contribution in [-0.2, 0) is 14.8 Å². The third kappa shape index (κ3) is 8.60. The fourth-order valence-corrected chi connectivity index (χ4v) is 24.2. The van der Waals surface area contributed by atoms with Crippen LogP contribution < -0.4 is 3.71 Å². The Bertz CT molecular complexity index is 1020. The molecule has 1 aromatic heterocycles. The summed E-state index contributed by atoms with van der Waals surface area (Å²) in [7, 11) is -0.812. The van der Waals surface area contributed by atoms with E-state index in [2.05, 4.69) is 84.2 Å². The van der Waals surface area contributed by atoms with Crippen LogP contribution in [0.25, 0.3) is 10.9 Å². The van der Waals surface area contributed by atoms with Gasteiger partial charge in [0.05, 0.1) is 0 Å². The van der Waals surface area contributed by atoms with Gasteiger partial charge in [-0.15, -0.1) is 0 Å². The third-order valence-corrected chi connectivity index (χ3v) is 24.6. The van der Waals surface area contributed by atoms with Crippen molar-refractivity contribution in [3.05, 3.63) is 29.8 Å².